The zero-order chi connectivity index (χ0) is 20.8. The second kappa shape index (κ2) is 9.70. The van der Waals surface area contributed by atoms with Gasteiger partial charge in [-0.1, -0.05) is 23.7 Å². The number of aromatic hydroxyl groups is 1. The fourth-order valence-corrected chi connectivity index (χ4v) is 3.79. The van der Waals surface area contributed by atoms with E-state index in [0.717, 1.165) is 18.4 Å². The largest absolute Gasteiger partial charge is 0.505 e. The number of allylic oxidation sites excluding steroid dienone is 1. The number of methoxy groups -OCH3 is 1. The lowest BCUT2D eigenvalue weighted by molar-refractivity contribution is -0.115. The van der Waals surface area contributed by atoms with Crippen LogP contribution >= 0.6 is 11.6 Å². The highest BCUT2D eigenvalue weighted by Gasteiger charge is 2.19. The van der Waals surface area contributed by atoms with Gasteiger partial charge in [-0.3, -0.25) is 4.79 Å². The number of rotatable bonds is 8. The fourth-order valence-electron chi connectivity index (χ4n) is 3.55. The maximum absolute atomic E-state index is 12.6. The smallest absolute Gasteiger partial charge is 0.228 e. The molecule has 0 bridgehead atoms. The molecule has 2 N–H and O–H groups in total. The number of hydrogen-bond acceptors (Lipinski definition) is 4. The van der Waals surface area contributed by atoms with Crippen molar-refractivity contribution < 1.29 is 19.4 Å². The standard InChI is InChI=1S/C23H26ClNO4/c1-3-6-16-13-17(24)14-19(23(16)27)25-22(26)12-15-9-10-20(28-2)21(11-15)29-18-7-4-5-8-18/h3,9-11,13-14,18,27H,1,4-8,12H2,2H3,(H,25,26). The van der Waals surface area contributed by atoms with E-state index < -0.39 is 0 Å². The third kappa shape index (κ3) is 5.45. The Morgan fingerprint density at radius 3 is 2.72 bits per heavy atom. The zero-order valence-corrected chi connectivity index (χ0v) is 17.3. The van der Waals surface area contributed by atoms with Gasteiger partial charge in [-0.15, -0.1) is 6.58 Å². The predicted molar refractivity (Wildman–Crippen MR) is 115 cm³/mol. The molecule has 2 aromatic rings. The molecule has 1 aliphatic rings. The van der Waals surface area contributed by atoms with Gasteiger partial charge in [0.15, 0.2) is 11.5 Å². The number of phenols is 1. The van der Waals surface area contributed by atoms with Crippen molar-refractivity contribution in [2.45, 2.75) is 44.6 Å². The summed E-state index contributed by atoms with van der Waals surface area (Å²) < 4.78 is 11.5. The van der Waals surface area contributed by atoms with Crippen molar-refractivity contribution in [2.75, 3.05) is 12.4 Å². The molecule has 3 rings (SSSR count). The van der Waals surface area contributed by atoms with Gasteiger partial charge >= 0.3 is 0 Å². The van der Waals surface area contributed by atoms with Crippen molar-refractivity contribution >= 4 is 23.2 Å². The van der Waals surface area contributed by atoms with Gasteiger partial charge in [0.1, 0.15) is 5.75 Å². The quantitative estimate of drug-likeness (QED) is 0.454. The van der Waals surface area contributed by atoms with Gasteiger partial charge in [0.2, 0.25) is 5.91 Å². The normalized spacial score (nSPS) is 13.9. The van der Waals surface area contributed by atoms with Gasteiger partial charge in [0.25, 0.3) is 0 Å². The van der Waals surface area contributed by atoms with Crippen molar-refractivity contribution in [3.63, 3.8) is 0 Å². The summed E-state index contributed by atoms with van der Waals surface area (Å²) in [6.45, 7) is 3.67. The van der Waals surface area contributed by atoms with Gasteiger partial charge in [0, 0.05) is 10.6 Å². The number of hydrogen-bond donors (Lipinski definition) is 2. The number of benzene rings is 2. The molecule has 1 saturated carbocycles. The van der Waals surface area contributed by atoms with Crippen LogP contribution in [0, 0.1) is 0 Å². The minimum absolute atomic E-state index is 0.00244. The van der Waals surface area contributed by atoms with Crippen LogP contribution in [0.5, 0.6) is 17.2 Å². The highest BCUT2D eigenvalue weighted by Crippen LogP contribution is 2.34. The van der Waals surface area contributed by atoms with Gasteiger partial charge in [0.05, 0.1) is 25.3 Å². The van der Waals surface area contributed by atoms with E-state index in [9.17, 15) is 9.90 Å². The van der Waals surface area contributed by atoms with Crippen LogP contribution in [-0.4, -0.2) is 24.2 Å². The van der Waals surface area contributed by atoms with Crippen LogP contribution in [0.4, 0.5) is 5.69 Å². The minimum Gasteiger partial charge on any atom is -0.505 e. The Morgan fingerprint density at radius 2 is 2.03 bits per heavy atom. The van der Waals surface area contributed by atoms with Crippen LogP contribution < -0.4 is 14.8 Å². The maximum atomic E-state index is 12.6. The molecule has 0 heterocycles. The molecule has 0 spiro atoms. The second-order valence-corrected chi connectivity index (χ2v) is 7.62. The molecule has 0 unspecified atom stereocenters. The molecule has 0 saturated heterocycles. The van der Waals surface area contributed by atoms with E-state index in [4.69, 9.17) is 21.1 Å². The minimum atomic E-state index is -0.260. The number of carbonyl (C=O) groups is 1. The highest BCUT2D eigenvalue weighted by atomic mass is 35.5. The molecule has 2 aromatic carbocycles. The van der Waals surface area contributed by atoms with Crippen LogP contribution in [0.3, 0.4) is 0 Å². The van der Waals surface area contributed by atoms with Crippen LogP contribution in [0.1, 0.15) is 36.8 Å². The van der Waals surface area contributed by atoms with Crippen LogP contribution in [0.15, 0.2) is 43.0 Å². The number of anilines is 1. The summed E-state index contributed by atoms with van der Waals surface area (Å²) in [4.78, 5) is 12.6. The third-order valence-corrected chi connectivity index (χ3v) is 5.20. The summed E-state index contributed by atoms with van der Waals surface area (Å²) >= 11 is 6.11. The molecule has 29 heavy (non-hydrogen) atoms. The molecule has 154 valence electrons. The fraction of sp³-hybridized carbons (Fsp3) is 0.348. The molecule has 1 amide bonds. The van der Waals surface area contributed by atoms with Gasteiger partial charge in [-0.2, -0.15) is 0 Å². The summed E-state index contributed by atoms with van der Waals surface area (Å²) in [5.74, 6) is 1.05. The molecule has 1 aliphatic carbocycles. The lowest BCUT2D eigenvalue weighted by Gasteiger charge is -2.17. The van der Waals surface area contributed by atoms with Crippen molar-refractivity contribution in [3.05, 3.63) is 59.1 Å². The summed E-state index contributed by atoms with van der Waals surface area (Å²) in [6.07, 6.45) is 6.87. The first-order chi connectivity index (χ1) is 14.0. The van der Waals surface area contributed by atoms with Crippen LogP contribution in [-0.2, 0) is 17.6 Å². The first-order valence-electron chi connectivity index (χ1n) is 9.76. The number of phenolic OH excluding ortho intramolecular Hbond substituents is 1. The molecule has 6 heteroatoms. The molecule has 1 fully saturated rings. The Morgan fingerprint density at radius 1 is 1.28 bits per heavy atom. The topological polar surface area (TPSA) is 67.8 Å². The van der Waals surface area contributed by atoms with E-state index >= 15 is 0 Å². The van der Waals surface area contributed by atoms with Gasteiger partial charge < -0.3 is 19.9 Å². The van der Waals surface area contributed by atoms with Crippen LogP contribution in [0.25, 0.3) is 0 Å². The lowest BCUT2D eigenvalue weighted by Crippen LogP contribution is -2.15. The lowest BCUT2D eigenvalue weighted by atomic mass is 10.1. The van der Waals surface area contributed by atoms with E-state index in [1.165, 1.54) is 18.9 Å². The molecule has 5 nitrogen and oxygen atoms in total. The molecule has 0 aromatic heterocycles. The van der Waals surface area contributed by atoms with Crippen molar-refractivity contribution in [1.29, 1.82) is 0 Å². The highest BCUT2D eigenvalue weighted by molar-refractivity contribution is 6.31. The van der Waals surface area contributed by atoms with Crippen molar-refractivity contribution in [1.82, 2.24) is 0 Å². The third-order valence-electron chi connectivity index (χ3n) is 4.98. The predicted octanol–water partition coefficient (Wildman–Crippen LogP) is 5.29. The number of carbonyl (C=O) groups excluding carboxylic acids is 1. The Bertz CT molecular complexity index is 891. The molecule has 0 radical (unpaired) electrons. The number of halogens is 1. The zero-order valence-electron chi connectivity index (χ0n) is 16.5. The monoisotopic (exact) mass is 415 g/mol. The number of nitrogens with one attached hydrogen (secondary N) is 1. The summed E-state index contributed by atoms with van der Waals surface area (Å²) in [7, 11) is 1.60. The van der Waals surface area contributed by atoms with Crippen molar-refractivity contribution in [2.24, 2.45) is 0 Å². The first-order valence-corrected chi connectivity index (χ1v) is 10.1. The van der Waals surface area contributed by atoms with Crippen LogP contribution in [0.2, 0.25) is 5.02 Å². The second-order valence-electron chi connectivity index (χ2n) is 7.19. The van der Waals surface area contributed by atoms with E-state index in [0.29, 0.717) is 28.5 Å². The molecule has 0 atom stereocenters. The number of ether oxygens (including phenoxy) is 2. The average molecular weight is 416 g/mol. The van der Waals surface area contributed by atoms with E-state index in [1.54, 1.807) is 19.3 Å². The van der Waals surface area contributed by atoms with E-state index in [1.807, 2.05) is 18.2 Å². The maximum Gasteiger partial charge on any atom is 0.228 e. The Balaban J connectivity index is 1.73. The Labute approximate surface area is 176 Å². The molecular formula is C23H26ClNO4. The first kappa shape index (κ1) is 21.1. The summed E-state index contributed by atoms with van der Waals surface area (Å²) in [6, 6.07) is 8.68. The average Bonchev–Trinajstić information content (AvgIpc) is 3.19. The Hall–Kier alpha value is -2.66. The Kier molecular flexibility index (Phi) is 7.04. The molecule has 0 aliphatic heterocycles. The van der Waals surface area contributed by atoms with Crippen molar-refractivity contribution in [3.8, 4) is 17.2 Å². The summed E-state index contributed by atoms with van der Waals surface area (Å²) in [5, 5.41) is 13.5. The number of amides is 1. The van der Waals surface area contributed by atoms with E-state index in [2.05, 4.69) is 11.9 Å². The summed E-state index contributed by atoms with van der Waals surface area (Å²) in [5.41, 5.74) is 1.69. The SMILES string of the molecule is C=CCc1cc(Cl)cc(NC(=O)Cc2ccc(OC)c(OC3CCCC3)c2)c1O. The van der Waals surface area contributed by atoms with Gasteiger partial charge in [-0.25, -0.2) is 0 Å². The van der Waals surface area contributed by atoms with Gasteiger partial charge in [-0.05, 0) is 61.9 Å². The molecular weight excluding hydrogens is 390 g/mol. The van der Waals surface area contributed by atoms with E-state index in [-0.39, 0.29) is 29.9 Å².